The zero-order chi connectivity index (χ0) is 20.8. The second kappa shape index (κ2) is 15.3. The molecule has 0 aromatic heterocycles. The molecule has 10 heteroatoms. The van der Waals surface area contributed by atoms with Gasteiger partial charge in [-0.3, -0.25) is 4.79 Å². The standard InChI is InChI=1S/C19H29F3N4O2.HI/c1-3-10-24-17(27)9-11-25-18(23-4-2)26-12-15-5-7-16(8-6-15)13-28-14-19(20,21)22;/h5-8H,3-4,9-14H2,1-2H3,(H,24,27)(H2,23,25,26);1H. The number of guanidine groups is 1. The van der Waals surface area contributed by atoms with E-state index in [9.17, 15) is 18.0 Å². The van der Waals surface area contributed by atoms with Crippen LogP contribution in [0.1, 0.15) is 37.8 Å². The van der Waals surface area contributed by atoms with Gasteiger partial charge in [-0.05, 0) is 24.5 Å². The number of nitrogens with one attached hydrogen (secondary N) is 3. The van der Waals surface area contributed by atoms with E-state index >= 15 is 0 Å². The maximum Gasteiger partial charge on any atom is 0.411 e. The minimum absolute atomic E-state index is 0. The maximum absolute atomic E-state index is 12.1. The van der Waals surface area contributed by atoms with Crippen LogP contribution in [0.4, 0.5) is 13.2 Å². The van der Waals surface area contributed by atoms with Crippen LogP contribution < -0.4 is 16.0 Å². The Hall–Kier alpha value is -1.56. The number of benzene rings is 1. The zero-order valence-corrected chi connectivity index (χ0v) is 19.1. The van der Waals surface area contributed by atoms with Crippen molar-refractivity contribution in [3.63, 3.8) is 0 Å². The number of amides is 1. The molecule has 6 nitrogen and oxygen atoms in total. The molecule has 0 aliphatic heterocycles. The summed E-state index contributed by atoms with van der Waals surface area (Å²) >= 11 is 0. The number of carbonyl (C=O) groups is 1. The van der Waals surface area contributed by atoms with E-state index in [1.165, 1.54) is 0 Å². The van der Waals surface area contributed by atoms with Gasteiger partial charge in [0, 0.05) is 26.1 Å². The summed E-state index contributed by atoms with van der Waals surface area (Å²) in [4.78, 5) is 16.0. The molecule has 1 rings (SSSR count). The fourth-order valence-electron chi connectivity index (χ4n) is 2.18. The van der Waals surface area contributed by atoms with Gasteiger partial charge in [0.2, 0.25) is 5.91 Å². The lowest BCUT2D eigenvalue weighted by Gasteiger charge is -2.11. The van der Waals surface area contributed by atoms with Gasteiger partial charge in [0.15, 0.2) is 5.96 Å². The molecule has 29 heavy (non-hydrogen) atoms. The Morgan fingerprint density at radius 1 is 1.03 bits per heavy atom. The van der Waals surface area contributed by atoms with E-state index in [-0.39, 0.29) is 36.5 Å². The number of aliphatic imine (C=N–C) groups is 1. The topological polar surface area (TPSA) is 74.8 Å². The normalized spacial score (nSPS) is 11.6. The summed E-state index contributed by atoms with van der Waals surface area (Å²) < 4.78 is 40.9. The molecule has 0 aliphatic rings. The lowest BCUT2D eigenvalue weighted by Crippen LogP contribution is -2.39. The Bertz CT molecular complexity index is 610. The smallest absolute Gasteiger partial charge is 0.367 e. The molecule has 0 saturated heterocycles. The molecule has 0 spiro atoms. The van der Waals surface area contributed by atoms with E-state index in [2.05, 4.69) is 25.7 Å². The van der Waals surface area contributed by atoms with E-state index in [0.717, 1.165) is 12.0 Å². The van der Waals surface area contributed by atoms with Crippen molar-refractivity contribution < 1.29 is 22.7 Å². The van der Waals surface area contributed by atoms with E-state index in [0.29, 0.717) is 44.1 Å². The molecular weight excluding hydrogens is 500 g/mol. The molecule has 0 fully saturated rings. The molecule has 1 aromatic rings. The average molecular weight is 530 g/mol. The Labute approximate surface area is 187 Å². The number of hydrogen-bond acceptors (Lipinski definition) is 3. The van der Waals surface area contributed by atoms with Crippen LogP contribution >= 0.6 is 24.0 Å². The minimum Gasteiger partial charge on any atom is -0.367 e. The van der Waals surface area contributed by atoms with Gasteiger partial charge < -0.3 is 20.7 Å². The van der Waals surface area contributed by atoms with Gasteiger partial charge in [-0.2, -0.15) is 13.2 Å². The first-order valence-corrected chi connectivity index (χ1v) is 9.35. The summed E-state index contributed by atoms with van der Waals surface area (Å²) in [6.07, 6.45) is -3.06. The van der Waals surface area contributed by atoms with Gasteiger partial charge in [0.25, 0.3) is 0 Å². The lowest BCUT2D eigenvalue weighted by molar-refractivity contribution is -0.176. The Kier molecular flexibility index (Phi) is 14.5. The third-order valence-electron chi connectivity index (χ3n) is 3.54. The van der Waals surface area contributed by atoms with Crippen LogP contribution in [0, 0.1) is 0 Å². The number of halogens is 4. The summed E-state index contributed by atoms with van der Waals surface area (Å²) in [5.74, 6) is 0.594. The molecule has 0 aliphatic carbocycles. The fourth-order valence-corrected chi connectivity index (χ4v) is 2.18. The molecule has 1 aromatic carbocycles. The van der Waals surface area contributed by atoms with Crippen LogP contribution in [0.5, 0.6) is 0 Å². The molecule has 0 radical (unpaired) electrons. The zero-order valence-electron chi connectivity index (χ0n) is 16.8. The van der Waals surface area contributed by atoms with Crippen molar-refractivity contribution in [2.45, 2.75) is 46.0 Å². The number of hydrogen-bond donors (Lipinski definition) is 3. The number of nitrogens with zero attached hydrogens (tertiary/aromatic N) is 1. The molecule has 3 N–H and O–H groups in total. The van der Waals surface area contributed by atoms with Crippen molar-refractivity contribution in [3.8, 4) is 0 Å². The van der Waals surface area contributed by atoms with Crippen molar-refractivity contribution in [2.24, 2.45) is 4.99 Å². The van der Waals surface area contributed by atoms with Gasteiger partial charge in [-0.15, -0.1) is 24.0 Å². The molecule has 166 valence electrons. The van der Waals surface area contributed by atoms with E-state index in [1.54, 1.807) is 24.3 Å². The van der Waals surface area contributed by atoms with Crippen molar-refractivity contribution in [2.75, 3.05) is 26.2 Å². The number of carbonyl (C=O) groups excluding carboxylic acids is 1. The van der Waals surface area contributed by atoms with Gasteiger partial charge in [0.1, 0.15) is 6.61 Å². The first-order chi connectivity index (χ1) is 13.3. The lowest BCUT2D eigenvalue weighted by atomic mass is 10.1. The van der Waals surface area contributed by atoms with E-state index in [1.807, 2.05) is 13.8 Å². The second-order valence-corrected chi connectivity index (χ2v) is 6.15. The van der Waals surface area contributed by atoms with Crippen molar-refractivity contribution >= 4 is 35.8 Å². The monoisotopic (exact) mass is 530 g/mol. The van der Waals surface area contributed by atoms with Gasteiger partial charge >= 0.3 is 6.18 Å². The van der Waals surface area contributed by atoms with Gasteiger partial charge in [-0.25, -0.2) is 4.99 Å². The average Bonchev–Trinajstić information content (AvgIpc) is 2.64. The first-order valence-electron chi connectivity index (χ1n) is 9.35. The van der Waals surface area contributed by atoms with Crippen molar-refractivity contribution in [1.29, 1.82) is 0 Å². The van der Waals surface area contributed by atoms with E-state index < -0.39 is 12.8 Å². The Morgan fingerprint density at radius 3 is 2.28 bits per heavy atom. The molecule has 1 amide bonds. The Balaban J connectivity index is 0.00000784. The van der Waals surface area contributed by atoms with Crippen LogP contribution in [0.25, 0.3) is 0 Å². The number of ether oxygens (including phenoxy) is 1. The summed E-state index contributed by atoms with van der Waals surface area (Å²) in [7, 11) is 0. The van der Waals surface area contributed by atoms with Crippen LogP contribution in [-0.2, 0) is 22.7 Å². The number of rotatable bonds is 11. The summed E-state index contributed by atoms with van der Waals surface area (Å²) in [5, 5.41) is 9.02. The molecule has 0 heterocycles. The highest BCUT2D eigenvalue weighted by atomic mass is 127. The molecule has 0 saturated carbocycles. The minimum atomic E-state index is -4.32. The maximum atomic E-state index is 12.1. The predicted molar refractivity (Wildman–Crippen MR) is 118 cm³/mol. The molecule has 0 bridgehead atoms. The van der Waals surface area contributed by atoms with Crippen LogP contribution in [0.15, 0.2) is 29.3 Å². The van der Waals surface area contributed by atoms with Crippen molar-refractivity contribution in [3.05, 3.63) is 35.4 Å². The quantitative estimate of drug-likeness (QED) is 0.233. The highest BCUT2D eigenvalue weighted by Gasteiger charge is 2.27. The highest BCUT2D eigenvalue weighted by Crippen LogP contribution is 2.16. The molecular formula is C19H30F3IN4O2. The fraction of sp³-hybridized carbons (Fsp3) is 0.579. The third-order valence-corrected chi connectivity index (χ3v) is 3.54. The van der Waals surface area contributed by atoms with Crippen LogP contribution in [0.2, 0.25) is 0 Å². The molecule has 0 atom stereocenters. The largest absolute Gasteiger partial charge is 0.411 e. The molecule has 0 unspecified atom stereocenters. The van der Waals surface area contributed by atoms with Gasteiger partial charge in [-0.1, -0.05) is 31.2 Å². The predicted octanol–water partition coefficient (Wildman–Crippen LogP) is 3.35. The summed E-state index contributed by atoms with van der Waals surface area (Å²) in [6.45, 7) is 4.82. The van der Waals surface area contributed by atoms with Crippen molar-refractivity contribution in [1.82, 2.24) is 16.0 Å². The first kappa shape index (κ1) is 27.4. The SMILES string of the molecule is CCCNC(=O)CCNC(=NCc1ccc(COCC(F)(F)F)cc1)NCC.I. The third kappa shape index (κ3) is 14.1. The van der Waals surface area contributed by atoms with E-state index in [4.69, 9.17) is 0 Å². The summed E-state index contributed by atoms with van der Waals surface area (Å²) in [6, 6.07) is 7.05. The number of alkyl halides is 3. The second-order valence-electron chi connectivity index (χ2n) is 6.15. The highest BCUT2D eigenvalue weighted by molar-refractivity contribution is 14.0. The Morgan fingerprint density at radius 2 is 1.69 bits per heavy atom. The van der Waals surface area contributed by atoms with Crippen LogP contribution in [-0.4, -0.2) is 44.3 Å². The van der Waals surface area contributed by atoms with Gasteiger partial charge in [0.05, 0.1) is 13.2 Å². The summed E-state index contributed by atoms with van der Waals surface area (Å²) in [5.41, 5.74) is 1.58. The van der Waals surface area contributed by atoms with Crippen LogP contribution in [0.3, 0.4) is 0 Å².